The number of rotatable bonds is 5. The second-order valence-electron chi connectivity index (χ2n) is 6.88. The Kier molecular flexibility index (Phi) is 5.14. The summed E-state index contributed by atoms with van der Waals surface area (Å²) >= 11 is 0. The molecular weight excluding hydrogens is 368 g/mol. The third-order valence-electron chi connectivity index (χ3n) is 5.27. The smallest absolute Gasteiger partial charge is 0.182 e. The maximum Gasteiger partial charge on any atom is 0.182 e. The van der Waals surface area contributed by atoms with Gasteiger partial charge in [-0.25, -0.2) is 4.98 Å². The number of nitriles is 1. The Morgan fingerprint density at radius 1 is 1.14 bits per heavy atom. The van der Waals surface area contributed by atoms with Gasteiger partial charge in [-0.05, 0) is 25.1 Å². The summed E-state index contributed by atoms with van der Waals surface area (Å²) in [6.45, 7) is 4.45. The van der Waals surface area contributed by atoms with Crippen LogP contribution in [-0.2, 0) is 13.1 Å². The van der Waals surface area contributed by atoms with Crippen molar-refractivity contribution in [3.63, 3.8) is 0 Å². The number of nitrogens with zero attached hydrogens (tertiary/aromatic N) is 6. The molecule has 0 spiro atoms. The van der Waals surface area contributed by atoms with Gasteiger partial charge in [-0.2, -0.15) is 5.26 Å². The predicted octanol–water partition coefficient (Wildman–Crippen LogP) is 2.81. The molecule has 1 aromatic carbocycles. The minimum absolute atomic E-state index is 0.0796. The fourth-order valence-corrected chi connectivity index (χ4v) is 3.66. The van der Waals surface area contributed by atoms with Crippen molar-refractivity contribution in [2.24, 2.45) is 0 Å². The zero-order valence-corrected chi connectivity index (χ0v) is 16.7. The molecule has 0 N–H and O–H groups in total. The van der Waals surface area contributed by atoms with Crippen molar-refractivity contribution in [1.82, 2.24) is 24.6 Å². The van der Waals surface area contributed by atoms with E-state index in [1.807, 2.05) is 30.3 Å². The quantitative estimate of drug-likeness (QED) is 0.662. The van der Waals surface area contributed by atoms with Gasteiger partial charge in [0.2, 0.25) is 0 Å². The average molecular weight is 390 g/mol. The molecule has 3 heterocycles. The van der Waals surface area contributed by atoms with Gasteiger partial charge in [0, 0.05) is 31.3 Å². The molecule has 1 atom stereocenters. The Morgan fingerprint density at radius 2 is 2.00 bits per heavy atom. The zero-order chi connectivity index (χ0) is 20.4. The highest BCUT2D eigenvalue weighted by atomic mass is 16.5. The third kappa shape index (κ3) is 3.52. The summed E-state index contributed by atoms with van der Waals surface area (Å²) in [5, 5.41) is 17.9. The number of hydrogen-bond donors (Lipinski definition) is 0. The molecule has 29 heavy (non-hydrogen) atoms. The van der Waals surface area contributed by atoms with Crippen molar-refractivity contribution in [2.45, 2.75) is 26.1 Å². The van der Waals surface area contributed by atoms with Crippen LogP contribution in [0.1, 0.15) is 30.0 Å². The number of benzene rings is 1. The van der Waals surface area contributed by atoms with Crippen molar-refractivity contribution in [2.75, 3.05) is 20.8 Å². The first-order valence-electron chi connectivity index (χ1n) is 9.40. The molecule has 0 aliphatic carbocycles. The summed E-state index contributed by atoms with van der Waals surface area (Å²) in [5.41, 5.74) is 2.13. The van der Waals surface area contributed by atoms with Gasteiger partial charge in [0.15, 0.2) is 11.6 Å². The second kappa shape index (κ2) is 7.89. The van der Waals surface area contributed by atoms with E-state index < -0.39 is 0 Å². The van der Waals surface area contributed by atoms with Gasteiger partial charge >= 0.3 is 0 Å². The first-order chi connectivity index (χ1) is 14.1. The van der Waals surface area contributed by atoms with Crippen LogP contribution in [-0.4, -0.2) is 45.4 Å². The van der Waals surface area contributed by atoms with Crippen LogP contribution in [0.15, 0.2) is 36.4 Å². The highest BCUT2D eigenvalue weighted by molar-refractivity contribution is 5.51. The van der Waals surface area contributed by atoms with E-state index >= 15 is 0 Å². The molecule has 4 rings (SSSR count). The summed E-state index contributed by atoms with van der Waals surface area (Å²) in [4.78, 5) is 6.71. The standard InChI is InChI=1S/C21H22N6O2/c1-14-20-24-25-21(18-6-4-5-16(12-22)23-18)27(20)10-9-26(14)13-15-7-8-17(28-2)11-19(15)29-3/h4-8,11,14H,9-10,13H2,1-3H3. The van der Waals surface area contributed by atoms with E-state index in [-0.39, 0.29) is 6.04 Å². The van der Waals surface area contributed by atoms with E-state index in [9.17, 15) is 0 Å². The van der Waals surface area contributed by atoms with Crippen molar-refractivity contribution in [1.29, 1.82) is 5.26 Å². The van der Waals surface area contributed by atoms with Crippen LogP contribution < -0.4 is 9.47 Å². The third-order valence-corrected chi connectivity index (χ3v) is 5.27. The van der Waals surface area contributed by atoms with E-state index in [0.29, 0.717) is 17.2 Å². The molecule has 148 valence electrons. The second-order valence-corrected chi connectivity index (χ2v) is 6.88. The molecule has 1 aliphatic rings. The van der Waals surface area contributed by atoms with Gasteiger partial charge in [0.05, 0.1) is 20.3 Å². The highest BCUT2D eigenvalue weighted by Crippen LogP contribution is 2.32. The van der Waals surface area contributed by atoms with Gasteiger partial charge < -0.3 is 14.0 Å². The average Bonchev–Trinajstić information content (AvgIpc) is 3.20. The van der Waals surface area contributed by atoms with Crippen LogP contribution in [0.2, 0.25) is 0 Å². The number of aromatic nitrogens is 4. The predicted molar refractivity (Wildman–Crippen MR) is 106 cm³/mol. The largest absolute Gasteiger partial charge is 0.497 e. The molecule has 0 saturated carbocycles. The summed E-state index contributed by atoms with van der Waals surface area (Å²) in [6, 6.07) is 13.4. The van der Waals surface area contributed by atoms with Crippen LogP contribution in [0, 0.1) is 11.3 Å². The van der Waals surface area contributed by atoms with E-state index in [1.54, 1.807) is 20.3 Å². The molecule has 2 aromatic heterocycles. The lowest BCUT2D eigenvalue weighted by Crippen LogP contribution is -2.36. The van der Waals surface area contributed by atoms with Gasteiger partial charge in [-0.15, -0.1) is 10.2 Å². The van der Waals surface area contributed by atoms with Gasteiger partial charge in [-0.1, -0.05) is 12.1 Å². The first-order valence-corrected chi connectivity index (χ1v) is 9.40. The van der Waals surface area contributed by atoms with E-state index in [1.165, 1.54) is 0 Å². The van der Waals surface area contributed by atoms with Crippen LogP contribution in [0.5, 0.6) is 11.5 Å². The number of fused-ring (bicyclic) bond motifs is 1. The fourth-order valence-electron chi connectivity index (χ4n) is 3.66. The van der Waals surface area contributed by atoms with E-state index in [2.05, 4.69) is 37.6 Å². The molecule has 1 aliphatic heterocycles. The molecule has 0 amide bonds. The minimum Gasteiger partial charge on any atom is -0.497 e. The minimum atomic E-state index is 0.0796. The van der Waals surface area contributed by atoms with Gasteiger partial charge in [0.25, 0.3) is 0 Å². The maximum absolute atomic E-state index is 9.11. The number of hydrogen-bond acceptors (Lipinski definition) is 7. The molecule has 1 unspecified atom stereocenters. The monoisotopic (exact) mass is 390 g/mol. The topological polar surface area (TPSA) is 89.1 Å². The van der Waals surface area contributed by atoms with Crippen LogP contribution in [0.4, 0.5) is 0 Å². The van der Waals surface area contributed by atoms with Crippen molar-refractivity contribution in [3.8, 4) is 29.1 Å². The Hall–Kier alpha value is -3.44. The Labute approximate surface area is 169 Å². The van der Waals surface area contributed by atoms with Crippen LogP contribution in [0.3, 0.4) is 0 Å². The molecule has 0 radical (unpaired) electrons. The van der Waals surface area contributed by atoms with Crippen LogP contribution >= 0.6 is 0 Å². The van der Waals surface area contributed by atoms with Crippen molar-refractivity contribution < 1.29 is 9.47 Å². The lowest BCUT2D eigenvalue weighted by molar-refractivity contribution is 0.155. The molecule has 0 saturated heterocycles. The lowest BCUT2D eigenvalue weighted by Gasteiger charge is -2.34. The molecule has 3 aromatic rings. The normalized spacial score (nSPS) is 16.1. The summed E-state index contributed by atoms with van der Waals surface area (Å²) in [7, 11) is 3.32. The first kappa shape index (κ1) is 18.9. The van der Waals surface area contributed by atoms with Crippen molar-refractivity contribution in [3.05, 3.63) is 53.5 Å². The molecule has 0 fully saturated rings. The van der Waals surface area contributed by atoms with Crippen LogP contribution in [0.25, 0.3) is 11.5 Å². The fraction of sp³-hybridized carbons (Fsp3) is 0.333. The molecule has 8 heteroatoms. The number of ether oxygens (including phenoxy) is 2. The number of pyridine rings is 1. The van der Waals surface area contributed by atoms with Crippen molar-refractivity contribution >= 4 is 0 Å². The highest BCUT2D eigenvalue weighted by Gasteiger charge is 2.29. The summed E-state index contributed by atoms with van der Waals surface area (Å²) in [6.07, 6.45) is 0. The van der Waals surface area contributed by atoms with Gasteiger partial charge in [-0.3, -0.25) is 4.90 Å². The summed E-state index contributed by atoms with van der Waals surface area (Å²) < 4.78 is 12.9. The lowest BCUT2D eigenvalue weighted by atomic mass is 10.1. The van der Waals surface area contributed by atoms with Gasteiger partial charge in [0.1, 0.15) is 29.0 Å². The Balaban J connectivity index is 1.59. The maximum atomic E-state index is 9.11. The van der Waals surface area contributed by atoms with E-state index in [0.717, 1.165) is 42.5 Å². The Bertz CT molecular complexity index is 1070. The van der Waals surface area contributed by atoms with E-state index in [4.69, 9.17) is 14.7 Å². The SMILES string of the molecule is COc1ccc(CN2CCn3c(-c4cccc(C#N)n4)nnc3C2C)c(OC)c1. The molecule has 0 bridgehead atoms. The molecular formula is C21H22N6O2. The zero-order valence-electron chi connectivity index (χ0n) is 16.7. The molecule has 8 nitrogen and oxygen atoms in total. The summed E-state index contributed by atoms with van der Waals surface area (Å²) in [5.74, 6) is 3.17. The number of methoxy groups -OCH3 is 2. The Morgan fingerprint density at radius 3 is 2.76 bits per heavy atom.